The molecule has 152 valence electrons. The molecule has 3 rings (SSSR count). The standard InChI is InChI=1S/C21H18N4O5/c22-19(16-10-4-1-5-11-16)21(18-14-8-3-9-15-18,23(24(27)28)25(29)30)20(26)17-12-6-2-7-13-17/h1-15,19H,22H2. The SMILES string of the molecule is NC(c1ccccc1)C(C(=O)c1ccccc1)(c1ccccc1)N([N+](=O)[O-])[N+](=O)[O-]. The lowest BCUT2D eigenvalue weighted by Crippen LogP contribution is -2.62. The van der Waals surface area contributed by atoms with E-state index in [-0.39, 0.29) is 16.2 Å². The number of benzene rings is 3. The molecular weight excluding hydrogens is 388 g/mol. The van der Waals surface area contributed by atoms with Gasteiger partial charge in [0.15, 0.2) is 5.12 Å². The maximum Gasteiger partial charge on any atom is 0.276 e. The summed E-state index contributed by atoms with van der Waals surface area (Å²) in [4.78, 5) is 37.6. The van der Waals surface area contributed by atoms with Crippen LogP contribution in [0.3, 0.4) is 0 Å². The van der Waals surface area contributed by atoms with Crippen molar-refractivity contribution < 1.29 is 14.9 Å². The van der Waals surface area contributed by atoms with Crippen LogP contribution in [0.4, 0.5) is 0 Å². The molecule has 0 saturated heterocycles. The largest absolute Gasteiger partial charge is 0.321 e. The van der Waals surface area contributed by atoms with Crippen molar-refractivity contribution in [1.82, 2.24) is 5.12 Å². The van der Waals surface area contributed by atoms with E-state index in [4.69, 9.17) is 5.73 Å². The van der Waals surface area contributed by atoms with Crippen molar-refractivity contribution in [2.45, 2.75) is 11.6 Å². The topological polar surface area (TPSA) is 133 Å². The number of nitrogens with zero attached hydrogens (tertiary/aromatic N) is 3. The van der Waals surface area contributed by atoms with Crippen molar-refractivity contribution in [2.75, 3.05) is 0 Å². The fraction of sp³-hybridized carbons (Fsp3) is 0.0952. The molecule has 0 aliphatic heterocycles. The second kappa shape index (κ2) is 8.50. The predicted octanol–water partition coefficient (Wildman–Crippen LogP) is 3.15. The highest BCUT2D eigenvalue weighted by atomic mass is 16.8. The molecule has 30 heavy (non-hydrogen) atoms. The molecule has 2 N–H and O–H groups in total. The molecule has 2 unspecified atom stereocenters. The van der Waals surface area contributed by atoms with Crippen LogP contribution in [0, 0.1) is 20.2 Å². The Labute approximate surface area is 171 Å². The zero-order chi connectivity index (χ0) is 21.7. The zero-order valence-corrected chi connectivity index (χ0v) is 15.7. The van der Waals surface area contributed by atoms with Crippen molar-refractivity contribution >= 4 is 5.78 Å². The molecule has 2 atom stereocenters. The van der Waals surface area contributed by atoms with E-state index in [1.54, 1.807) is 54.6 Å². The Kier molecular flexibility index (Phi) is 5.84. The van der Waals surface area contributed by atoms with E-state index in [0.29, 0.717) is 5.56 Å². The van der Waals surface area contributed by atoms with Crippen LogP contribution in [-0.4, -0.2) is 21.0 Å². The van der Waals surface area contributed by atoms with Crippen molar-refractivity contribution in [2.24, 2.45) is 5.73 Å². The second-order valence-corrected chi connectivity index (χ2v) is 6.48. The van der Waals surface area contributed by atoms with Gasteiger partial charge < -0.3 is 5.73 Å². The second-order valence-electron chi connectivity index (χ2n) is 6.48. The molecule has 9 nitrogen and oxygen atoms in total. The number of ketones is 1. The van der Waals surface area contributed by atoms with E-state index in [2.05, 4.69) is 0 Å². The number of carbonyl (C=O) groups is 1. The molecule has 0 heterocycles. The van der Waals surface area contributed by atoms with Crippen molar-refractivity contribution in [1.29, 1.82) is 0 Å². The molecule has 0 bridgehead atoms. The molecule has 0 amide bonds. The normalized spacial score (nSPS) is 13.6. The summed E-state index contributed by atoms with van der Waals surface area (Å²) in [6, 6.07) is 21.9. The molecule has 0 spiro atoms. The van der Waals surface area contributed by atoms with Crippen LogP contribution < -0.4 is 5.73 Å². The lowest BCUT2D eigenvalue weighted by atomic mass is 9.74. The third-order valence-corrected chi connectivity index (χ3v) is 4.83. The molecule has 3 aromatic rings. The number of nitrogens with two attached hydrogens (primary N) is 1. The Morgan fingerprint density at radius 1 is 0.800 bits per heavy atom. The van der Waals surface area contributed by atoms with Crippen LogP contribution in [0.1, 0.15) is 27.5 Å². The van der Waals surface area contributed by atoms with Gasteiger partial charge in [-0.25, -0.2) is 20.2 Å². The summed E-state index contributed by atoms with van der Waals surface area (Å²) >= 11 is 0. The van der Waals surface area contributed by atoms with Crippen molar-refractivity contribution in [3.63, 3.8) is 0 Å². The average Bonchev–Trinajstić information content (AvgIpc) is 2.77. The van der Waals surface area contributed by atoms with Gasteiger partial charge in [-0.05, 0) is 5.56 Å². The van der Waals surface area contributed by atoms with E-state index in [1.165, 1.54) is 36.4 Å². The third kappa shape index (κ3) is 3.49. The summed E-state index contributed by atoms with van der Waals surface area (Å²) in [5, 5.41) is 21.1. The molecule has 0 aliphatic rings. The van der Waals surface area contributed by atoms with E-state index >= 15 is 0 Å². The van der Waals surface area contributed by atoms with Gasteiger partial charge in [-0.3, -0.25) is 4.79 Å². The van der Waals surface area contributed by atoms with E-state index < -0.39 is 27.4 Å². The highest BCUT2D eigenvalue weighted by Crippen LogP contribution is 2.42. The van der Waals surface area contributed by atoms with Crippen LogP contribution >= 0.6 is 0 Å². The smallest absolute Gasteiger partial charge is 0.276 e. The number of hydrogen-bond donors (Lipinski definition) is 1. The Morgan fingerprint density at radius 2 is 1.23 bits per heavy atom. The Hall–Kier alpha value is -4.11. The number of hydrazine groups is 2. The number of carbonyl (C=O) groups excluding carboxylic acids is 1. The minimum atomic E-state index is -2.45. The molecule has 3 aromatic carbocycles. The lowest BCUT2D eigenvalue weighted by molar-refractivity contribution is -0.923. The number of hydrogen-bond acceptors (Lipinski definition) is 6. The minimum absolute atomic E-state index is 0.0311. The van der Waals surface area contributed by atoms with Gasteiger partial charge >= 0.3 is 0 Å². The van der Waals surface area contributed by atoms with Crippen LogP contribution in [0.15, 0.2) is 91.0 Å². The van der Waals surface area contributed by atoms with Crippen LogP contribution in [0.2, 0.25) is 0 Å². The third-order valence-electron chi connectivity index (χ3n) is 4.83. The predicted molar refractivity (Wildman–Crippen MR) is 108 cm³/mol. The van der Waals surface area contributed by atoms with Gasteiger partial charge in [-0.2, -0.15) is 0 Å². The fourth-order valence-corrected chi connectivity index (χ4v) is 3.50. The average molecular weight is 406 g/mol. The van der Waals surface area contributed by atoms with E-state index in [1.807, 2.05) is 0 Å². The Balaban J connectivity index is 2.41. The first-order valence-electron chi connectivity index (χ1n) is 8.95. The van der Waals surface area contributed by atoms with Gasteiger partial charge in [-0.15, -0.1) is 0 Å². The van der Waals surface area contributed by atoms with Gasteiger partial charge in [-0.1, -0.05) is 91.0 Å². The monoisotopic (exact) mass is 406 g/mol. The highest BCUT2D eigenvalue weighted by molar-refractivity contribution is 6.04. The van der Waals surface area contributed by atoms with Gasteiger partial charge in [0.05, 0.1) is 6.04 Å². The molecular formula is C21H18N4O5. The summed E-state index contributed by atoms with van der Waals surface area (Å²) in [7, 11) is 0. The van der Waals surface area contributed by atoms with Crippen LogP contribution in [0.25, 0.3) is 0 Å². The molecule has 0 saturated carbocycles. The summed E-state index contributed by atoms with van der Waals surface area (Å²) < 4.78 is 0. The quantitative estimate of drug-likeness (QED) is 0.345. The van der Waals surface area contributed by atoms with Gasteiger partial charge in [0.25, 0.3) is 5.54 Å². The first-order valence-corrected chi connectivity index (χ1v) is 8.95. The number of Topliss-reactive ketones (excluding diaryl/α,β-unsaturated/α-hetero) is 1. The summed E-state index contributed by atoms with van der Waals surface area (Å²) in [5.41, 5.74) is 4.42. The van der Waals surface area contributed by atoms with Crippen LogP contribution in [-0.2, 0) is 5.54 Å². The summed E-state index contributed by atoms with van der Waals surface area (Å²) in [6.07, 6.45) is 0. The summed E-state index contributed by atoms with van der Waals surface area (Å²) in [5.74, 6) is -0.862. The molecule has 0 aromatic heterocycles. The van der Waals surface area contributed by atoms with Crippen molar-refractivity contribution in [3.8, 4) is 0 Å². The zero-order valence-electron chi connectivity index (χ0n) is 15.7. The van der Waals surface area contributed by atoms with E-state index in [9.17, 15) is 25.0 Å². The lowest BCUT2D eigenvalue weighted by Gasteiger charge is -2.35. The van der Waals surface area contributed by atoms with Gasteiger partial charge in [0, 0.05) is 11.1 Å². The molecule has 9 heteroatoms. The van der Waals surface area contributed by atoms with E-state index in [0.717, 1.165) is 0 Å². The van der Waals surface area contributed by atoms with Gasteiger partial charge in [0.2, 0.25) is 15.8 Å². The molecule has 0 aliphatic carbocycles. The fourth-order valence-electron chi connectivity index (χ4n) is 3.50. The first-order chi connectivity index (χ1) is 14.4. The van der Waals surface area contributed by atoms with Gasteiger partial charge in [0.1, 0.15) is 0 Å². The minimum Gasteiger partial charge on any atom is -0.321 e. The Bertz CT molecular complexity index is 1030. The number of rotatable bonds is 8. The highest BCUT2D eigenvalue weighted by Gasteiger charge is 2.64. The van der Waals surface area contributed by atoms with Crippen LogP contribution in [0.5, 0.6) is 0 Å². The molecule has 0 fully saturated rings. The Morgan fingerprint density at radius 3 is 1.70 bits per heavy atom. The maximum atomic E-state index is 13.8. The summed E-state index contributed by atoms with van der Waals surface area (Å²) in [6.45, 7) is 0. The molecule has 0 radical (unpaired) electrons. The first kappa shape index (κ1) is 20.6. The number of nitro groups is 2. The maximum absolute atomic E-state index is 13.8. The van der Waals surface area contributed by atoms with Crippen molar-refractivity contribution in [3.05, 3.63) is 128 Å².